The third-order valence-electron chi connectivity index (χ3n) is 3.71. The summed E-state index contributed by atoms with van der Waals surface area (Å²) in [7, 11) is 0. The Morgan fingerprint density at radius 1 is 1.00 bits per heavy atom. The highest BCUT2D eigenvalue weighted by atomic mass is 19.1. The van der Waals surface area contributed by atoms with Gasteiger partial charge in [0.15, 0.2) is 0 Å². The second-order valence-corrected chi connectivity index (χ2v) is 5.33. The average Bonchev–Trinajstić information content (AvgIpc) is 2.56. The van der Waals surface area contributed by atoms with Gasteiger partial charge in [0.05, 0.1) is 13.2 Å². The summed E-state index contributed by atoms with van der Waals surface area (Å²) < 4.78 is 24.7. The quantitative estimate of drug-likeness (QED) is 0.803. The molecule has 0 aliphatic rings. The summed E-state index contributed by atoms with van der Waals surface area (Å²) in [6, 6.07) is 12.6. The lowest BCUT2D eigenvalue weighted by Crippen LogP contribution is -2.16. The standard InChI is InChI=1S/C19H24FNO2/c1-3-22-17-8-5-14(6-9-17)11-15(13-21)18-12-16(20)7-10-19(18)23-4-2/h5-10,12,15H,3-4,11,13,21H2,1-2H3. The van der Waals surface area contributed by atoms with Crippen molar-refractivity contribution in [3.8, 4) is 11.5 Å². The van der Waals surface area contributed by atoms with E-state index in [0.717, 1.165) is 23.3 Å². The lowest BCUT2D eigenvalue weighted by molar-refractivity contribution is 0.333. The van der Waals surface area contributed by atoms with Gasteiger partial charge in [-0.3, -0.25) is 0 Å². The van der Waals surface area contributed by atoms with E-state index < -0.39 is 0 Å². The molecule has 0 radical (unpaired) electrons. The topological polar surface area (TPSA) is 44.5 Å². The van der Waals surface area contributed by atoms with E-state index in [1.54, 1.807) is 6.07 Å². The molecular formula is C19H24FNO2. The molecule has 0 saturated carbocycles. The molecule has 23 heavy (non-hydrogen) atoms. The molecule has 0 bridgehead atoms. The maximum Gasteiger partial charge on any atom is 0.123 e. The van der Waals surface area contributed by atoms with E-state index in [9.17, 15) is 4.39 Å². The summed E-state index contributed by atoms with van der Waals surface area (Å²) in [6.45, 7) is 5.48. The molecule has 0 heterocycles. The van der Waals surface area contributed by atoms with Crippen molar-refractivity contribution in [2.45, 2.75) is 26.2 Å². The molecule has 4 heteroatoms. The van der Waals surface area contributed by atoms with E-state index in [2.05, 4.69) is 0 Å². The van der Waals surface area contributed by atoms with Gasteiger partial charge in [0.25, 0.3) is 0 Å². The van der Waals surface area contributed by atoms with Crippen molar-refractivity contribution in [2.24, 2.45) is 5.73 Å². The molecule has 124 valence electrons. The summed E-state index contributed by atoms with van der Waals surface area (Å²) in [5.74, 6) is 1.29. The molecule has 0 saturated heterocycles. The Bertz CT molecular complexity index is 613. The summed E-state index contributed by atoms with van der Waals surface area (Å²) in [5, 5.41) is 0. The lowest BCUT2D eigenvalue weighted by atomic mass is 9.91. The van der Waals surface area contributed by atoms with Crippen molar-refractivity contribution in [2.75, 3.05) is 19.8 Å². The molecule has 2 aromatic rings. The highest BCUT2D eigenvalue weighted by molar-refractivity contribution is 5.39. The van der Waals surface area contributed by atoms with Crippen LogP contribution in [0.25, 0.3) is 0 Å². The Morgan fingerprint density at radius 2 is 1.70 bits per heavy atom. The highest BCUT2D eigenvalue weighted by Gasteiger charge is 2.17. The van der Waals surface area contributed by atoms with Gasteiger partial charge >= 0.3 is 0 Å². The first-order chi connectivity index (χ1) is 11.2. The Kier molecular flexibility index (Phi) is 6.41. The van der Waals surface area contributed by atoms with Crippen molar-refractivity contribution in [1.29, 1.82) is 0 Å². The Hall–Kier alpha value is -2.07. The van der Waals surface area contributed by atoms with Crippen LogP contribution in [0.2, 0.25) is 0 Å². The number of ether oxygens (including phenoxy) is 2. The molecule has 2 N–H and O–H groups in total. The van der Waals surface area contributed by atoms with Gasteiger partial charge in [0, 0.05) is 11.5 Å². The van der Waals surface area contributed by atoms with Gasteiger partial charge in [0.2, 0.25) is 0 Å². The van der Waals surface area contributed by atoms with E-state index >= 15 is 0 Å². The fraction of sp³-hybridized carbons (Fsp3) is 0.368. The lowest BCUT2D eigenvalue weighted by Gasteiger charge is -2.19. The minimum Gasteiger partial charge on any atom is -0.494 e. The van der Waals surface area contributed by atoms with Gasteiger partial charge in [-0.1, -0.05) is 12.1 Å². The highest BCUT2D eigenvalue weighted by Crippen LogP contribution is 2.30. The molecule has 1 atom stereocenters. The van der Waals surface area contributed by atoms with Crippen LogP contribution in [-0.4, -0.2) is 19.8 Å². The van der Waals surface area contributed by atoms with Gasteiger partial charge in [-0.05, 0) is 62.7 Å². The van der Waals surface area contributed by atoms with Crippen molar-refractivity contribution < 1.29 is 13.9 Å². The van der Waals surface area contributed by atoms with Gasteiger partial charge in [0.1, 0.15) is 17.3 Å². The smallest absolute Gasteiger partial charge is 0.123 e. The summed E-state index contributed by atoms with van der Waals surface area (Å²) in [6.07, 6.45) is 0.729. The molecule has 2 aromatic carbocycles. The van der Waals surface area contributed by atoms with Crippen LogP contribution in [0.1, 0.15) is 30.9 Å². The third-order valence-corrected chi connectivity index (χ3v) is 3.71. The summed E-state index contributed by atoms with van der Waals surface area (Å²) in [4.78, 5) is 0. The van der Waals surface area contributed by atoms with Gasteiger partial charge < -0.3 is 15.2 Å². The Labute approximate surface area is 137 Å². The molecule has 1 unspecified atom stereocenters. The van der Waals surface area contributed by atoms with E-state index in [0.29, 0.717) is 25.5 Å². The zero-order chi connectivity index (χ0) is 16.7. The number of halogens is 1. The number of hydrogen-bond acceptors (Lipinski definition) is 3. The van der Waals surface area contributed by atoms with Gasteiger partial charge in [-0.2, -0.15) is 0 Å². The predicted molar refractivity (Wildman–Crippen MR) is 90.7 cm³/mol. The van der Waals surface area contributed by atoms with Crippen molar-refractivity contribution in [3.63, 3.8) is 0 Å². The van der Waals surface area contributed by atoms with Crippen LogP contribution in [0.4, 0.5) is 4.39 Å². The largest absolute Gasteiger partial charge is 0.494 e. The molecule has 2 rings (SSSR count). The zero-order valence-electron chi connectivity index (χ0n) is 13.7. The van der Waals surface area contributed by atoms with E-state index in [1.807, 2.05) is 38.1 Å². The first kappa shape index (κ1) is 17.3. The van der Waals surface area contributed by atoms with E-state index in [4.69, 9.17) is 15.2 Å². The second kappa shape index (κ2) is 8.53. The minimum absolute atomic E-state index is 0.00481. The fourth-order valence-corrected chi connectivity index (χ4v) is 2.62. The van der Waals surface area contributed by atoms with Crippen LogP contribution in [0.5, 0.6) is 11.5 Å². The second-order valence-electron chi connectivity index (χ2n) is 5.33. The fourth-order valence-electron chi connectivity index (χ4n) is 2.62. The predicted octanol–water partition coefficient (Wildman–Crippen LogP) is 3.91. The van der Waals surface area contributed by atoms with Crippen molar-refractivity contribution in [3.05, 3.63) is 59.4 Å². The van der Waals surface area contributed by atoms with Crippen LogP contribution >= 0.6 is 0 Å². The van der Waals surface area contributed by atoms with Crippen LogP contribution < -0.4 is 15.2 Å². The average molecular weight is 317 g/mol. The zero-order valence-corrected chi connectivity index (χ0v) is 13.7. The van der Waals surface area contributed by atoms with Gasteiger partial charge in [-0.15, -0.1) is 0 Å². The van der Waals surface area contributed by atoms with Gasteiger partial charge in [-0.25, -0.2) is 4.39 Å². The molecule has 0 aliphatic heterocycles. The Morgan fingerprint density at radius 3 is 2.30 bits per heavy atom. The third kappa shape index (κ3) is 4.70. The van der Waals surface area contributed by atoms with E-state index in [1.165, 1.54) is 12.1 Å². The number of hydrogen-bond donors (Lipinski definition) is 1. The minimum atomic E-state index is -0.270. The monoisotopic (exact) mass is 317 g/mol. The van der Waals surface area contributed by atoms with Crippen LogP contribution in [0.3, 0.4) is 0 Å². The van der Waals surface area contributed by atoms with E-state index in [-0.39, 0.29) is 11.7 Å². The summed E-state index contributed by atoms with van der Waals surface area (Å²) >= 11 is 0. The SMILES string of the molecule is CCOc1ccc(CC(CN)c2cc(F)ccc2OCC)cc1. The van der Waals surface area contributed by atoms with Crippen LogP contribution in [0.15, 0.2) is 42.5 Å². The molecule has 0 aromatic heterocycles. The number of benzene rings is 2. The molecular weight excluding hydrogens is 293 g/mol. The molecule has 0 aliphatic carbocycles. The maximum atomic E-state index is 13.6. The van der Waals surface area contributed by atoms with Crippen molar-refractivity contribution >= 4 is 0 Å². The van der Waals surface area contributed by atoms with Crippen LogP contribution in [-0.2, 0) is 6.42 Å². The number of rotatable bonds is 8. The molecule has 0 spiro atoms. The summed E-state index contributed by atoms with van der Waals surface area (Å²) in [5.41, 5.74) is 7.90. The first-order valence-electron chi connectivity index (χ1n) is 8.02. The number of nitrogens with two attached hydrogens (primary N) is 1. The Balaban J connectivity index is 2.20. The first-order valence-corrected chi connectivity index (χ1v) is 8.02. The molecule has 3 nitrogen and oxygen atoms in total. The maximum absolute atomic E-state index is 13.6. The van der Waals surface area contributed by atoms with Crippen molar-refractivity contribution in [1.82, 2.24) is 0 Å². The molecule has 0 amide bonds. The normalized spacial score (nSPS) is 12.0. The van der Waals surface area contributed by atoms with Crippen LogP contribution in [0, 0.1) is 5.82 Å². The molecule has 0 fully saturated rings.